The molecule has 3 aromatic rings. The van der Waals surface area contributed by atoms with Crippen molar-refractivity contribution in [2.24, 2.45) is 0 Å². The van der Waals surface area contributed by atoms with E-state index in [0.29, 0.717) is 17.2 Å². The lowest BCUT2D eigenvalue weighted by atomic mass is 10.2. The molecule has 3 aromatic heterocycles. The summed E-state index contributed by atoms with van der Waals surface area (Å²) in [4.78, 5) is 4.24. The Kier molecular flexibility index (Phi) is 2.04. The first-order valence-corrected chi connectivity index (χ1v) is 5.28. The Labute approximate surface area is 97.9 Å². The van der Waals surface area contributed by atoms with Gasteiger partial charge in [0, 0.05) is 12.4 Å². The van der Waals surface area contributed by atoms with Gasteiger partial charge in [-0.1, -0.05) is 0 Å². The first-order valence-electron chi connectivity index (χ1n) is 5.28. The van der Waals surface area contributed by atoms with E-state index in [0.717, 1.165) is 11.2 Å². The molecule has 0 fully saturated rings. The molecule has 0 aliphatic heterocycles. The molecule has 84 valence electrons. The average Bonchev–Trinajstić information content (AvgIpc) is 2.72. The van der Waals surface area contributed by atoms with E-state index in [4.69, 9.17) is 5.73 Å². The van der Waals surface area contributed by atoms with Crippen LogP contribution in [0.2, 0.25) is 0 Å². The largest absolute Gasteiger partial charge is 0.397 e. The number of pyridine rings is 2. The van der Waals surface area contributed by atoms with Crippen LogP contribution < -0.4 is 5.73 Å². The topological polar surface area (TPSA) is 69.1 Å². The summed E-state index contributed by atoms with van der Waals surface area (Å²) < 4.78 is 1.88. The lowest BCUT2D eigenvalue weighted by Crippen LogP contribution is -1.97. The van der Waals surface area contributed by atoms with Crippen molar-refractivity contribution in [2.45, 2.75) is 6.92 Å². The molecule has 0 aliphatic rings. The Morgan fingerprint density at radius 3 is 2.94 bits per heavy atom. The van der Waals surface area contributed by atoms with Gasteiger partial charge in [0.2, 0.25) is 0 Å². The summed E-state index contributed by atoms with van der Waals surface area (Å²) in [6.07, 6.45) is 3.62. The molecule has 0 amide bonds. The maximum absolute atomic E-state index is 5.89. The van der Waals surface area contributed by atoms with Crippen LogP contribution in [0.15, 0.2) is 36.7 Å². The first-order chi connectivity index (χ1) is 8.25. The number of aromatic nitrogens is 4. The molecule has 3 rings (SSSR count). The highest BCUT2D eigenvalue weighted by Gasteiger charge is 2.11. The van der Waals surface area contributed by atoms with Gasteiger partial charge in [-0.3, -0.25) is 9.38 Å². The molecule has 2 N–H and O–H groups in total. The summed E-state index contributed by atoms with van der Waals surface area (Å²) >= 11 is 0. The van der Waals surface area contributed by atoms with E-state index in [1.807, 2.05) is 29.7 Å². The molecule has 0 atom stereocenters. The van der Waals surface area contributed by atoms with Gasteiger partial charge in [0.05, 0.1) is 5.69 Å². The Bertz CT molecular complexity index is 686. The van der Waals surface area contributed by atoms with E-state index < -0.39 is 0 Å². The quantitative estimate of drug-likeness (QED) is 0.684. The summed E-state index contributed by atoms with van der Waals surface area (Å²) in [5.74, 6) is 0.665. The van der Waals surface area contributed by atoms with Gasteiger partial charge in [0.1, 0.15) is 5.69 Å². The van der Waals surface area contributed by atoms with Crippen molar-refractivity contribution < 1.29 is 0 Å². The Balaban J connectivity index is 2.29. The Morgan fingerprint density at radius 1 is 1.24 bits per heavy atom. The minimum Gasteiger partial charge on any atom is -0.397 e. The predicted octanol–water partition coefficient (Wildman–Crippen LogP) is 1.68. The second-order valence-corrected chi connectivity index (χ2v) is 3.90. The summed E-state index contributed by atoms with van der Waals surface area (Å²) in [5.41, 5.74) is 9.09. The van der Waals surface area contributed by atoms with Gasteiger partial charge in [-0.2, -0.15) is 0 Å². The van der Waals surface area contributed by atoms with Crippen molar-refractivity contribution in [3.05, 3.63) is 42.2 Å². The highest BCUT2D eigenvalue weighted by atomic mass is 15.3. The Hall–Kier alpha value is -2.43. The Morgan fingerprint density at radius 2 is 2.12 bits per heavy atom. The summed E-state index contributed by atoms with van der Waals surface area (Å²) in [5, 5.41) is 8.25. The van der Waals surface area contributed by atoms with Crippen molar-refractivity contribution in [3.8, 4) is 11.5 Å². The molecular formula is C12H11N5. The molecular weight excluding hydrogens is 214 g/mol. The fourth-order valence-corrected chi connectivity index (χ4v) is 1.76. The SMILES string of the molecule is Cc1ccn2c(-c3ncccc3N)nnc2c1. The second-order valence-electron chi connectivity index (χ2n) is 3.90. The van der Waals surface area contributed by atoms with Crippen LogP contribution in [0.25, 0.3) is 17.2 Å². The van der Waals surface area contributed by atoms with Gasteiger partial charge in [-0.05, 0) is 36.8 Å². The van der Waals surface area contributed by atoms with Gasteiger partial charge in [-0.25, -0.2) is 0 Å². The lowest BCUT2D eigenvalue weighted by molar-refractivity contribution is 1.09. The van der Waals surface area contributed by atoms with E-state index in [9.17, 15) is 0 Å². The van der Waals surface area contributed by atoms with Crippen LogP contribution in [0.5, 0.6) is 0 Å². The van der Waals surface area contributed by atoms with Crippen molar-refractivity contribution >= 4 is 11.3 Å². The van der Waals surface area contributed by atoms with Crippen molar-refractivity contribution in [1.29, 1.82) is 0 Å². The van der Waals surface area contributed by atoms with Crippen LogP contribution in [0.4, 0.5) is 5.69 Å². The van der Waals surface area contributed by atoms with E-state index in [1.165, 1.54) is 0 Å². The molecule has 5 nitrogen and oxygen atoms in total. The number of hydrogen-bond donors (Lipinski definition) is 1. The van der Waals surface area contributed by atoms with E-state index >= 15 is 0 Å². The standard InChI is InChI=1S/C12H11N5/c1-8-4-6-17-10(7-8)15-16-12(17)11-9(13)3-2-5-14-11/h2-7H,13H2,1H3. The zero-order valence-electron chi connectivity index (χ0n) is 9.33. The molecule has 17 heavy (non-hydrogen) atoms. The molecule has 0 aliphatic carbocycles. The number of hydrogen-bond acceptors (Lipinski definition) is 4. The highest BCUT2D eigenvalue weighted by Crippen LogP contribution is 2.21. The monoisotopic (exact) mass is 225 g/mol. The van der Waals surface area contributed by atoms with Crippen LogP contribution in [0.1, 0.15) is 5.56 Å². The van der Waals surface area contributed by atoms with E-state index in [2.05, 4.69) is 15.2 Å². The molecule has 0 saturated carbocycles. The second kappa shape index (κ2) is 3.55. The van der Waals surface area contributed by atoms with Crippen LogP contribution >= 0.6 is 0 Å². The summed E-state index contributed by atoms with van der Waals surface area (Å²) in [6.45, 7) is 2.02. The van der Waals surface area contributed by atoms with Crippen LogP contribution in [0.3, 0.4) is 0 Å². The number of rotatable bonds is 1. The van der Waals surface area contributed by atoms with Gasteiger partial charge in [-0.15, -0.1) is 10.2 Å². The fraction of sp³-hybridized carbons (Fsp3) is 0.0833. The number of nitrogens with two attached hydrogens (primary N) is 1. The van der Waals surface area contributed by atoms with E-state index in [1.54, 1.807) is 18.3 Å². The smallest absolute Gasteiger partial charge is 0.189 e. The average molecular weight is 225 g/mol. The first kappa shape index (κ1) is 9.77. The number of fused-ring (bicyclic) bond motifs is 1. The van der Waals surface area contributed by atoms with Gasteiger partial charge in [0.25, 0.3) is 0 Å². The number of nitrogens with zero attached hydrogens (tertiary/aromatic N) is 4. The molecule has 0 saturated heterocycles. The van der Waals surface area contributed by atoms with Crippen LogP contribution in [-0.2, 0) is 0 Å². The third-order valence-corrected chi connectivity index (χ3v) is 2.62. The minimum atomic E-state index is 0.599. The lowest BCUT2D eigenvalue weighted by Gasteiger charge is -2.02. The van der Waals surface area contributed by atoms with Crippen molar-refractivity contribution in [1.82, 2.24) is 19.6 Å². The summed E-state index contributed by atoms with van der Waals surface area (Å²) in [6, 6.07) is 7.57. The molecule has 5 heteroatoms. The van der Waals surface area contributed by atoms with Crippen LogP contribution in [0, 0.1) is 6.92 Å². The highest BCUT2D eigenvalue weighted by molar-refractivity contribution is 5.68. The third kappa shape index (κ3) is 1.52. The van der Waals surface area contributed by atoms with Crippen LogP contribution in [-0.4, -0.2) is 19.6 Å². The zero-order chi connectivity index (χ0) is 11.8. The fourth-order valence-electron chi connectivity index (χ4n) is 1.76. The molecule has 0 aromatic carbocycles. The van der Waals surface area contributed by atoms with Crippen molar-refractivity contribution in [3.63, 3.8) is 0 Å². The maximum atomic E-state index is 5.89. The van der Waals surface area contributed by atoms with Gasteiger partial charge in [0.15, 0.2) is 11.5 Å². The molecule has 0 radical (unpaired) electrons. The molecule has 3 heterocycles. The number of aryl methyl sites for hydroxylation is 1. The third-order valence-electron chi connectivity index (χ3n) is 2.62. The molecule has 0 bridgehead atoms. The number of nitrogen functional groups attached to an aromatic ring is 1. The van der Waals surface area contributed by atoms with E-state index in [-0.39, 0.29) is 0 Å². The minimum absolute atomic E-state index is 0.599. The van der Waals surface area contributed by atoms with Crippen molar-refractivity contribution in [2.75, 3.05) is 5.73 Å². The summed E-state index contributed by atoms with van der Waals surface area (Å²) in [7, 11) is 0. The zero-order valence-corrected chi connectivity index (χ0v) is 9.33. The normalized spacial score (nSPS) is 10.9. The van der Waals surface area contributed by atoms with Gasteiger partial charge < -0.3 is 5.73 Å². The maximum Gasteiger partial charge on any atom is 0.189 e. The number of anilines is 1. The predicted molar refractivity (Wildman–Crippen MR) is 65.4 cm³/mol. The van der Waals surface area contributed by atoms with Gasteiger partial charge >= 0.3 is 0 Å². The molecule has 0 unspecified atom stereocenters. The molecule has 0 spiro atoms.